The highest BCUT2D eigenvalue weighted by atomic mass is 16.5. The molecule has 4 aromatic carbocycles. The van der Waals surface area contributed by atoms with Crippen molar-refractivity contribution in [2.24, 2.45) is 0 Å². The van der Waals surface area contributed by atoms with Crippen LogP contribution in [-0.2, 0) is 5.41 Å². The number of fused-ring (bicyclic) bond motifs is 8. The molecule has 6 aromatic rings. The smallest absolute Gasteiger partial charge is 0.132 e. The summed E-state index contributed by atoms with van der Waals surface area (Å²) in [7, 11) is 0. The molecule has 0 unspecified atom stereocenters. The number of ether oxygens (including phenoxy) is 2. The van der Waals surface area contributed by atoms with E-state index in [0.29, 0.717) is 0 Å². The van der Waals surface area contributed by atoms with Crippen LogP contribution in [0.25, 0.3) is 22.5 Å². The van der Waals surface area contributed by atoms with Gasteiger partial charge in [-0.1, -0.05) is 66.7 Å². The monoisotopic (exact) mass is 503 g/mol. The van der Waals surface area contributed by atoms with Crippen molar-refractivity contribution in [1.29, 1.82) is 0 Å². The third kappa shape index (κ3) is 3.17. The van der Waals surface area contributed by atoms with Crippen LogP contribution in [0.3, 0.4) is 0 Å². The fourth-order valence-corrected chi connectivity index (χ4v) is 5.97. The minimum Gasteiger partial charge on any atom is -0.457 e. The van der Waals surface area contributed by atoms with Gasteiger partial charge in [-0.2, -0.15) is 0 Å². The van der Waals surface area contributed by atoms with Gasteiger partial charge in [-0.05, 0) is 36.4 Å². The third-order valence-electron chi connectivity index (χ3n) is 7.61. The molecule has 0 radical (unpaired) electrons. The topological polar surface area (TPSA) is 57.1 Å². The molecule has 0 fully saturated rings. The van der Waals surface area contributed by atoms with Crippen LogP contribution in [0.5, 0.6) is 23.0 Å². The first-order valence-corrected chi connectivity index (χ1v) is 12.8. The molecular formula is C34H21N3O2. The van der Waals surface area contributed by atoms with Gasteiger partial charge in [0, 0.05) is 52.0 Å². The van der Waals surface area contributed by atoms with Crippen LogP contribution < -0.4 is 9.47 Å². The molecule has 0 aliphatic carbocycles. The van der Waals surface area contributed by atoms with Gasteiger partial charge in [0.25, 0.3) is 0 Å². The molecular weight excluding hydrogens is 482 g/mol. The lowest BCUT2D eigenvalue weighted by Gasteiger charge is -2.45. The number of benzene rings is 4. The average molecular weight is 504 g/mol. The number of hydrogen-bond acceptors (Lipinski definition) is 5. The van der Waals surface area contributed by atoms with Crippen molar-refractivity contribution in [2.75, 3.05) is 0 Å². The van der Waals surface area contributed by atoms with Crippen LogP contribution in [0, 0.1) is 0 Å². The molecule has 5 heteroatoms. The number of para-hydroxylation sites is 2. The van der Waals surface area contributed by atoms with Crippen LogP contribution in [0.15, 0.2) is 128 Å². The molecule has 0 saturated heterocycles. The number of nitrogens with zero attached hydrogens (tertiary/aromatic N) is 3. The Morgan fingerprint density at radius 1 is 0.462 bits per heavy atom. The van der Waals surface area contributed by atoms with Gasteiger partial charge in [0.15, 0.2) is 0 Å². The van der Waals surface area contributed by atoms with Gasteiger partial charge in [-0.3, -0.25) is 15.0 Å². The standard InChI is InChI=1S/C34H21N3O2/c1-3-10-30-24(7-1)34(25-8-2-4-11-31(25)38-30)26-14-12-22(28-9-5-6-16-36-28)19-32(26)39-33-20-23(13-15-27(33)34)29-21-35-17-18-37-29/h1-21H. The molecule has 2 aliphatic rings. The van der Waals surface area contributed by atoms with Crippen molar-refractivity contribution in [3.05, 3.63) is 150 Å². The van der Waals surface area contributed by atoms with E-state index < -0.39 is 5.41 Å². The van der Waals surface area contributed by atoms with Crippen molar-refractivity contribution in [2.45, 2.75) is 5.41 Å². The van der Waals surface area contributed by atoms with Gasteiger partial charge in [-0.25, -0.2) is 0 Å². The fourth-order valence-electron chi connectivity index (χ4n) is 5.97. The molecule has 0 atom stereocenters. The van der Waals surface area contributed by atoms with Crippen molar-refractivity contribution in [3.8, 4) is 45.5 Å². The third-order valence-corrected chi connectivity index (χ3v) is 7.61. The first-order valence-electron chi connectivity index (χ1n) is 12.8. The second-order valence-corrected chi connectivity index (χ2v) is 9.67. The highest BCUT2D eigenvalue weighted by Crippen LogP contribution is 2.61. The Balaban J connectivity index is 1.46. The average Bonchev–Trinajstić information content (AvgIpc) is 3.01. The lowest BCUT2D eigenvalue weighted by atomic mass is 9.62. The summed E-state index contributed by atoms with van der Waals surface area (Å²) in [5.74, 6) is 3.23. The molecule has 2 aliphatic heterocycles. The van der Waals surface area contributed by atoms with Crippen LogP contribution >= 0.6 is 0 Å². The molecule has 0 amide bonds. The second-order valence-electron chi connectivity index (χ2n) is 9.67. The molecule has 1 spiro atoms. The summed E-state index contributed by atoms with van der Waals surface area (Å²) >= 11 is 0. The maximum Gasteiger partial charge on any atom is 0.132 e. The quantitative estimate of drug-likeness (QED) is 0.241. The largest absolute Gasteiger partial charge is 0.457 e. The van der Waals surface area contributed by atoms with Gasteiger partial charge in [-0.15, -0.1) is 0 Å². The van der Waals surface area contributed by atoms with E-state index in [9.17, 15) is 0 Å². The summed E-state index contributed by atoms with van der Waals surface area (Å²) in [4.78, 5) is 13.4. The number of rotatable bonds is 2. The Hall–Kier alpha value is -5.29. The van der Waals surface area contributed by atoms with E-state index in [1.165, 1.54) is 0 Å². The molecule has 2 aromatic heterocycles. The van der Waals surface area contributed by atoms with Crippen molar-refractivity contribution in [3.63, 3.8) is 0 Å². The van der Waals surface area contributed by atoms with Gasteiger partial charge < -0.3 is 9.47 Å². The summed E-state index contributed by atoms with van der Waals surface area (Å²) in [6.07, 6.45) is 6.96. The zero-order chi connectivity index (χ0) is 25.8. The van der Waals surface area contributed by atoms with Gasteiger partial charge >= 0.3 is 0 Å². The molecule has 4 heterocycles. The van der Waals surface area contributed by atoms with E-state index in [0.717, 1.165) is 67.8 Å². The zero-order valence-corrected chi connectivity index (χ0v) is 20.8. The summed E-state index contributed by atoms with van der Waals surface area (Å²) in [6.45, 7) is 0. The van der Waals surface area contributed by atoms with Crippen molar-refractivity contribution >= 4 is 0 Å². The van der Waals surface area contributed by atoms with E-state index in [1.807, 2.05) is 48.7 Å². The lowest BCUT2D eigenvalue weighted by molar-refractivity contribution is 0.399. The lowest BCUT2D eigenvalue weighted by Crippen LogP contribution is -2.36. The van der Waals surface area contributed by atoms with Gasteiger partial charge in [0.05, 0.1) is 23.0 Å². The first kappa shape index (κ1) is 21.8. The molecule has 0 saturated carbocycles. The highest BCUT2D eigenvalue weighted by Gasteiger charge is 2.50. The molecule has 0 bridgehead atoms. The number of aromatic nitrogens is 3. The van der Waals surface area contributed by atoms with Gasteiger partial charge in [0.1, 0.15) is 23.0 Å². The SMILES string of the molecule is c1ccc(-c2ccc3c(c2)Oc2cc(-c4cnccn4)ccc2C32c3ccccc3Oc3ccccc32)nc1. The van der Waals surface area contributed by atoms with E-state index in [2.05, 4.69) is 75.6 Å². The molecule has 8 rings (SSSR count). The van der Waals surface area contributed by atoms with Crippen LogP contribution in [0.1, 0.15) is 22.3 Å². The Kier molecular flexibility index (Phi) is 4.67. The van der Waals surface area contributed by atoms with Crippen molar-refractivity contribution < 1.29 is 9.47 Å². The predicted molar refractivity (Wildman–Crippen MR) is 149 cm³/mol. The second kappa shape index (κ2) is 8.36. The predicted octanol–water partition coefficient (Wildman–Crippen LogP) is 7.80. The van der Waals surface area contributed by atoms with Crippen LogP contribution in [-0.4, -0.2) is 15.0 Å². The van der Waals surface area contributed by atoms with E-state index in [1.54, 1.807) is 18.6 Å². The Labute approximate surface area is 225 Å². The van der Waals surface area contributed by atoms with E-state index in [4.69, 9.17) is 9.47 Å². The maximum absolute atomic E-state index is 6.74. The first-order chi connectivity index (χ1) is 19.3. The highest BCUT2D eigenvalue weighted by molar-refractivity contribution is 5.78. The Morgan fingerprint density at radius 3 is 1.64 bits per heavy atom. The van der Waals surface area contributed by atoms with Crippen molar-refractivity contribution in [1.82, 2.24) is 15.0 Å². The minimum atomic E-state index is -0.641. The minimum absolute atomic E-state index is 0.641. The van der Waals surface area contributed by atoms with Crippen LogP contribution in [0.2, 0.25) is 0 Å². The summed E-state index contributed by atoms with van der Waals surface area (Å²) < 4.78 is 13.2. The Bertz CT molecular complexity index is 1730. The zero-order valence-electron chi connectivity index (χ0n) is 20.8. The molecule has 0 N–H and O–H groups in total. The van der Waals surface area contributed by atoms with Crippen LogP contribution in [0.4, 0.5) is 0 Å². The van der Waals surface area contributed by atoms with Gasteiger partial charge in [0.2, 0.25) is 0 Å². The fraction of sp³-hybridized carbons (Fsp3) is 0.0294. The number of hydrogen-bond donors (Lipinski definition) is 0. The summed E-state index contributed by atoms with van der Waals surface area (Å²) in [5, 5.41) is 0. The molecule has 5 nitrogen and oxygen atoms in total. The Morgan fingerprint density at radius 2 is 1.03 bits per heavy atom. The maximum atomic E-state index is 6.74. The van der Waals surface area contributed by atoms with E-state index >= 15 is 0 Å². The number of pyridine rings is 1. The van der Waals surface area contributed by atoms with E-state index in [-0.39, 0.29) is 0 Å². The summed E-state index contributed by atoms with van der Waals surface area (Å²) in [6, 6.07) is 35.2. The normalized spacial score (nSPS) is 13.7. The molecule has 184 valence electrons. The molecule has 39 heavy (non-hydrogen) atoms. The summed E-state index contributed by atoms with van der Waals surface area (Å²) in [5.41, 5.74) is 7.24.